The van der Waals surface area contributed by atoms with Crippen molar-refractivity contribution in [1.29, 1.82) is 0 Å². The van der Waals surface area contributed by atoms with E-state index in [9.17, 15) is 33.6 Å². The largest absolute Gasteiger partial charge is 0.434 e. The van der Waals surface area contributed by atoms with Crippen LogP contribution in [0.5, 0.6) is 0 Å². The number of Topliss-reactive ketones (excluding diaryl/α,β-unsaturated/α-hetero) is 3. The summed E-state index contributed by atoms with van der Waals surface area (Å²) in [6.45, 7) is 2.27. The van der Waals surface area contributed by atoms with Crippen LogP contribution in [-0.4, -0.2) is 84.6 Å². The number of ether oxygens (including phenoxy) is 4. The van der Waals surface area contributed by atoms with Crippen LogP contribution < -0.4 is 16.7 Å². The van der Waals surface area contributed by atoms with Gasteiger partial charge in [0.25, 0.3) is 11.8 Å². The van der Waals surface area contributed by atoms with E-state index in [0.29, 0.717) is 11.1 Å². The second kappa shape index (κ2) is 24.2. The lowest BCUT2D eigenvalue weighted by Gasteiger charge is -2.06. The molecular weight excluding hydrogens is 596 g/mol. The van der Waals surface area contributed by atoms with Crippen LogP contribution in [0.4, 0.5) is 0 Å². The molecule has 0 aliphatic rings. The van der Waals surface area contributed by atoms with Crippen molar-refractivity contribution >= 4 is 46.8 Å². The Bertz CT molecular complexity index is 1290. The predicted molar refractivity (Wildman–Crippen MR) is 156 cm³/mol. The number of amides is 2. The number of ketones is 3. The second-order valence-electron chi connectivity index (χ2n) is 8.45. The van der Waals surface area contributed by atoms with Crippen LogP contribution in [0, 0.1) is 0 Å². The number of esters is 2. The molecule has 0 saturated heterocycles. The molecule has 0 aromatic carbocycles. The molecule has 0 aliphatic heterocycles. The van der Waals surface area contributed by atoms with Crippen LogP contribution in [0.15, 0.2) is 54.2 Å². The number of hydrogen-bond acceptors (Lipinski definition) is 15. The zero-order valence-corrected chi connectivity index (χ0v) is 25.3. The Morgan fingerprint density at radius 1 is 0.689 bits per heavy atom. The van der Waals surface area contributed by atoms with Gasteiger partial charge < -0.3 is 28.5 Å². The molecule has 2 amide bonds. The quantitative estimate of drug-likeness (QED) is 0.0459. The number of hydrazone groups is 1. The SMILES string of the molecule is COCOC(=O)/C(CCC(C)=O)=N\NC(=O)c1ccncc1.COCOC(=O)C(=O)CCC(C)=O.NNC(=O)c1ccncc1. The number of nitrogens with two attached hydrogens (primary N) is 1. The Morgan fingerprint density at radius 3 is 1.58 bits per heavy atom. The lowest BCUT2D eigenvalue weighted by atomic mass is 10.1. The highest BCUT2D eigenvalue weighted by Gasteiger charge is 2.16. The molecule has 2 aromatic heterocycles. The van der Waals surface area contributed by atoms with Gasteiger partial charge in [-0.1, -0.05) is 0 Å². The van der Waals surface area contributed by atoms with E-state index in [1.54, 1.807) is 12.1 Å². The average Bonchev–Trinajstić information content (AvgIpc) is 3.05. The van der Waals surface area contributed by atoms with Crippen molar-refractivity contribution in [1.82, 2.24) is 20.8 Å². The van der Waals surface area contributed by atoms with E-state index >= 15 is 0 Å². The Labute approximate surface area is 258 Å². The fourth-order valence-corrected chi connectivity index (χ4v) is 2.55. The van der Waals surface area contributed by atoms with Crippen molar-refractivity contribution in [3.05, 3.63) is 60.2 Å². The molecule has 17 heteroatoms. The van der Waals surface area contributed by atoms with E-state index in [0.717, 1.165) is 0 Å². The number of nitrogen functional groups attached to an aromatic ring is 1. The van der Waals surface area contributed by atoms with Crippen LogP contribution in [0.2, 0.25) is 0 Å². The Kier molecular flexibility index (Phi) is 21.4. The standard InChI is InChI=1S/C14H17N3O5.C8H12O5.C6H7N3O/c1-10(18)3-4-12(14(20)22-9-21-2)16-17-13(19)11-5-7-15-8-6-11;1-6(9)3-4-7(10)8(11)13-5-12-2;7-9-6(10)5-1-3-8-4-2-5/h5-8H,3-4,9H2,1-2H3,(H,17,19);3-5H2,1-2H3;1-4H,7H2,(H,9,10)/b16-12-;;. The number of nitrogens with one attached hydrogen (secondary N) is 2. The third-order valence-electron chi connectivity index (χ3n) is 4.81. The third-order valence-corrected chi connectivity index (χ3v) is 4.81. The molecule has 0 atom stereocenters. The summed E-state index contributed by atoms with van der Waals surface area (Å²) < 4.78 is 18.2. The van der Waals surface area contributed by atoms with Gasteiger partial charge in [-0.2, -0.15) is 5.10 Å². The summed E-state index contributed by atoms with van der Waals surface area (Å²) in [5.74, 6) is 1.44. The van der Waals surface area contributed by atoms with Crippen LogP contribution in [-0.2, 0) is 42.9 Å². The molecule has 0 bridgehead atoms. The minimum atomic E-state index is -0.955. The molecule has 4 N–H and O–H groups in total. The zero-order chi connectivity index (χ0) is 34.0. The van der Waals surface area contributed by atoms with E-state index in [1.165, 1.54) is 65.0 Å². The number of aromatic nitrogens is 2. The molecule has 45 heavy (non-hydrogen) atoms. The number of carbonyl (C=O) groups is 7. The number of methoxy groups -OCH3 is 2. The molecule has 2 rings (SSSR count). The Hall–Kier alpha value is -5.26. The van der Waals surface area contributed by atoms with Crippen LogP contribution in [0.25, 0.3) is 0 Å². The molecule has 0 saturated carbocycles. The summed E-state index contributed by atoms with van der Waals surface area (Å²) in [5.41, 5.74) is 5.06. The maximum absolute atomic E-state index is 11.8. The molecule has 2 heterocycles. The number of carbonyl (C=O) groups excluding carboxylic acids is 7. The van der Waals surface area contributed by atoms with Gasteiger partial charge in [0.05, 0.1) is 0 Å². The molecule has 0 fully saturated rings. The van der Waals surface area contributed by atoms with Gasteiger partial charge in [0.15, 0.2) is 13.6 Å². The minimum absolute atomic E-state index is 0.0605. The van der Waals surface area contributed by atoms with E-state index in [4.69, 9.17) is 10.6 Å². The van der Waals surface area contributed by atoms with Crippen LogP contribution in [0.1, 0.15) is 60.2 Å². The molecular formula is C28H36N6O11. The van der Waals surface area contributed by atoms with Crippen LogP contribution in [0.3, 0.4) is 0 Å². The first-order chi connectivity index (χ1) is 21.5. The van der Waals surface area contributed by atoms with Gasteiger partial charge in [-0.3, -0.25) is 29.8 Å². The van der Waals surface area contributed by atoms with Gasteiger partial charge in [-0.15, -0.1) is 0 Å². The van der Waals surface area contributed by atoms with E-state index < -0.39 is 23.6 Å². The van der Waals surface area contributed by atoms with Gasteiger partial charge in [0, 0.05) is 75.8 Å². The average molecular weight is 633 g/mol. The van der Waals surface area contributed by atoms with Gasteiger partial charge in [0.1, 0.15) is 17.3 Å². The predicted octanol–water partition coefficient (Wildman–Crippen LogP) is 0.441. The van der Waals surface area contributed by atoms with Crippen molar-refractivity contribution < 1.29 is 52.5 Å². The van der Waals surface area contributed by atoms with Gasteiger partial charge in [0.2, 0.25) is 5.78 Å². The van der Waals surface area contributed by atoms with E-state index in [-0.39, 0.29) is 62.5 Å². The molecule has 17 nitrogen and oxygen atoms in total. The number of hydrazine groups is 1. The molecule has 0 unspecified atom stereocenters. The van der Waals surface area contributed by atoms with Crippen molar-refractivity contribution in [3.8, 4) is 0 Å². The lowest BCUT2D eigenvalue weighted by molar-refractivity contribution is -0.161. The topological polar surface area (TPSA) is 245 Å². The van der Waals surface area contributed by atoms with Crippen molar-refractivity contribution in [2.75, 3.05) is 27.8 Å². The van der Waals surface area contributed by atoms with Gasteiger partial charge in [-0.05, 0) is 38.1 Å². The molecule has 0 aliphatic carbocycles. The normalized spacial score (nSPS) is 10.0. The number of pyridine rings is 2. The Balaban J connectivity index is 0.000000712. The highest BCUT2D eigenvalue weighted by molar-refractivity contribution is 6.36. The minimum Gasteiger partial charge on any atom is -0.434 e. The summed E-state index contributed by atoms with van der Waals surface area (Å²) in [6.07, 6.45) is 6.14. The molecule has 244 valence electrons. The maximum Gasteiger partial charge on any atom is 0.376 e. The lowest BCUT2D eigenvalue weighted by Crippen LogP contribution is -2.29. The smallest absolute Gasteiger partial charge is 0.376 e. The number of nitrogens with zero attached hydrogens (tertiary/aromatic N) is 3. The first-order valence-electron chi connectivity index (χ1n) is 13.0. The van der Waals surface area contributed by atoms with Crippen molar-refractivity contribution in [3.63, 3.8) is 0 Å². The summed E-state index contributed by atoms with van der Waals surface area (Å²) in [6, 6.07) is 6.18. The molecule has 2 aromatic rings. The third kappa shape index (κ3) is 19.5. The zero-order valence-electron chi connectivity index (χ0n) is 25.3. The Morgan fingerprint density at radius 2 is 1.13 bits per heavy atom. The molecule has 0 spiro atoms. The summed E-state index contributed by atoms with van der Waals surface area (Å²) in [4.78, 5) is 85.0. The van der Waals surface area contributed by atoms with Gasteiger partial charge in [-0.25, -0.2) is 20.9 Å². The summed E-state index contributed by atoms with van der Waals surface area (Å²) >= 11 is 0. The van der Waals surface area contributed by atoms with E-state index in [2.05, 4.69) is 34.7 Å². The van der Waals surface area contributed by atoms with Crippen molar-refractivity contribution in [2.24, 2.45) is 10.9 Å². The first kappa shape index (κ1) is 39.7. The monoisotopic (exact) mass is 632 g/mol. The van der Waals surface area contributed by atoms with Crippen molar-refractivity contribution in [2.45, 2.75) is 39.5 Å². The summed E-state index contributed by atoms with van der Waals surface area (Å²) in [7, 11) is 2.71. The summed E-state index contributed by atoms with van der Waals surface area (Å²) in [5, 5.41) is 3.74. The highest BCUT2D eigenvalue weighted by Crippen LogP contribution is 2.00. The van der Waals surface area contributed by atoms with Crippen LogP contribution >= 0.6 is 0 Å². The maximum atomic E-state index is 11.8. The number of rotatable bonds is 15. The van der Waals surface area contributed by atoms with E-state index in [1.807, 2.05) is 5.43 Å². The molecule has 0 radical (unpaired) electrons. The number of hydrogen-bond donors (Lipinski definition) is 3. The fourth-order valence-electron chi connectivity index (χ4n) is 2.55. The highest BCUT2D eigenvalue weighted by atomic mass is 16.7. The second-order valence-corrected chi connectivity index (χ2v) is 8.45. The van der Waals surface area contributed by atoms with Gasteiger partial charge >= 0.3 is 11.9 Å². The first-order valence-corrected chi connectivity index (χ1v) is 13.0. The fraction of sp³-hybridized carbons (Fsp3) is 0.357.